The smallest absolute Gasteiger partial charge is 0.451 e. The number of amides is 1. The Bertz CT molecular complexity index is 920. The van der Waals surface area contributed by atoms with Crippen LogP contribution in [0.1, 0.15) is 16.1 Å². The molecule has 0 fully saturated rings. The van der Waals surface area contributed by atoms with Gasteiger partial charge in [0.2, 0.25) is 0 Å². The molecule has 0 aliphatic rings. The lowest BCUT2D eigenvalue weighted by Gasteiger charge is -2.09. The summed E-state index contributed by atoms with van der Waals surface area (Å²) in [7, 11) is 0. The zero-order valence-electron chi connectivity index (χ0n) is 13.6. The molecule has 1 N–H and O–H groups in total. The fraction of sp³-hybridized carbons (Fsp3) is 0.167. The van der Waals surface area contributed by atoms with Crippen LogP contribution in [0.25, 0.3) is 11.0 Å². The first-order valence-corrected chi connectivity index (χ1v) is 8.93. The third-order valence-electron chi connectivity index (χ3n) is 3.54. The van der Waals surface area contributed by atoms with E-state index in [2.05, 4.69) is 10.1 Å². The topological polar surface area (TPSA) is 51.5 Å². The molecular formula is C18H14F3NO3S. The maximum atomic E-state index is 12.6. The predicted molar refractivity (Wildman–Crippen MR) is 94.5 cm³/mol. The van der Waals surface area contributed by atoms with E-state index in [0.717, 1.165) is 23.1 Å². The Balaban J connectivity index is 1.82. The summed E-state index contributed by atoms with van der Waals surface area (Å²) in [6, 6.07) is 12.3. The first kappa shape index (κ1) is 18.2. The van der Waals surface area contributed by atoms with E-state index in [-0.39, 0.29) is 11.5 Å². The number of rotatable bonds is 5. The highest BCUT2D eigenvalue weighted by Gasteiger charge is 2.31. The number of carbonyl (C=O) groups is 1. The van der Waals surface area contributed by atoms with Crippen LogP contribution in [0, 0.1) is 0 Å². The standard InChI is InChI=1S/C18H14F3NO3S/c1-26-10-14-13-4-2-3-5-15(13)24-16(14)17(23)22-11-6-8-12(9-7-11)25-18(19,20)21/h2-9H,10H2,1H3,(H,22,23). The minimum absolute atomic E-state index is 0.191. The lowest BCUT2D eigenvalue weighted by atomic mass is 10.1. The van der Waals surface area contributed by atoms with Gasteiger partial charge in [0.05, 0.1) is 0 Å². The second-order valence-corrected chi connectivity index (χ2v) is 6.23. The van der Waals surface area contributed by atoms with Crippen LogP contribution in [0.5, 0.6) is 5.75 Å². The summed E-state index contributed by atoms with van der Waals surface area (Å²) in [5.41, 5.74) is 1.72. The van der Waals surface area contributed by atoms with Gasteiger partial charge in [0.25, 0.3) is 5.91 Å². The summed E-state index contributed by atoms with van der Waals surface area (Å²) in [5.74, 6) is -0.0359. The van der Waals surface area contributed by atoms with E-state index in [1.54, 1.807) is 17.8 Å². The minimum Gasteiger partial charge on any atom is -0.451 e. The van der Waals surface area contributed by atoms with Gasteiger partial charge in [-0.05, 0) is 36.6 Å². The molecule has 1 heterocycles. The Kier molecular flexibility index (Phi) is 5.13. The fourth-order valence-electron chi connectivity index (χ4n) is 2.50. The largest absolute Gasteiger partial charge is 0.573 e. The second kappa shape index (κ2) is 7.33. The normalized spacial score (nSPS) is 11.5. The van der Waals surface area contributed by atoms with Crippen LogP contribution in [0.3, 0.4) is 0 Å². The van der Waals surface area contributed by atoms with Gasteiger partial charge in [-0.25, -0.2) is 0 Å². The molecule has 4 nitrogen and oxygen atoms in total. The number of carbonyl (C=O) groups excluding carboxylic acids is 1. The molecule has 3 aromatic rings. The zero-order valence-corrected chi connectivity index (χ0v) is 14.4. The van der Waals surface area contributed by atoms with Crippen molar-refractivity contribution >= 4 is 34.3 Å². The molecular weight excluding hydrogens is 367 g/mol. The number of benzene rings is 2. The number of thioether (sulfide) groups is 1. The Labute approximate surface area is 151 Å². The molecule has 0 spiro atoms. The van der Waals surface area contributed by atoms with Crippen molar-refractivity contribution in [1.82, 2.24) is 0 Å². The molecule has 0 radical (unpaired) electrons. The van der Waals surface area contributed by atoms with Gasteiger partial charge in [0.15, 0.2) is 5.76 Å². The number of hydrogen-bond donors (Lipinski definition) is 1. The number of para-hydroxylation sites is 1. The van der Waals surface area contributed by atoms with Gasteiger partial charge >= 0.3 is 6.36 Å². The molecule has 0 bridgehead atoms. The quantitative estimate of drug-likeness (QED) is 0.639. The van der Waals surface area contributed by atoms with E-state index in [1.807, 2.05) is 24.5 Å². The molecule has 3 rings (SSSR count). The molecule has 0 saturated carbocycles. The van der Waals surface area contributed by atoms with Crippen LogP contribution in [-0.4, -0.2) is 18.5 Å². The van der Waals surface area contributed by atoms with Crippen LogP contribution in [-0.2, 0) is 5.75 Å². The molecule has 0 saturated heterocycles. The number of alkyl halides is 3. The third-order valence-corrected chi connectivity index (χ3v) is 4.12. The molecule has 0 atom stereocenters. The van der Waals surface area contributed by atoms with Gasteiger partial charge < -0.3 is 14.5 Å². The molecule has 2 aromatic carbocycles. The Morgan fingerprint density at radius 1 is 1.15 bits per heavy atom. The number of hydrogen-bond acceptors (Lipinski definition) is 4. The van der Waals surface area contributed by atoms with E-state index in [0.29, 0.717) is 17.0 Å². The SMILES string of the molecule is CSCc1c(C(=O)Nc2ccc(OC(F)(F)F)cc2)oc2ccccc12. The van der Waals surface area contributed by atoms with E-state index >= 15 is 0 Å². The third kappa shape index (κ3) is 4.13. The van der Waals surface area contributed by atoms with Gasteiger partial charge in [0.1, 0.15) is 11.3 Å². The molecule has 1 aromatic heterocycles. The lowest BCUT2D eigenvalue weighted by Crippen LogP contribution is -2.17. The van der Waals surface area contributed by atoms with Crippen LogP contribution in [0.2, 0.25) is 0 Å². The highest BCUT2D eigenvalue weighted by atomic mass is 32.2. The maximum Gasteiger partial charge on any atom is 0.573 e. The molecule has 0 aliphatic carbocycles. The number of furan rings is 1. The average molecular weight is 381 g/mol. The highest BCUT2D eigenvalue weighted by Crippen LogP contribution is 2.30. The van der Waals surface area contributed by atoms with Crippen molar-refractivity contribution in [1.29, 1.82) is 0 Å². The Morgan fingerprint density at radius 3 is 2.50 bits per heavy atom. The minimum atomic E-state index is -4.76. The molecule has 26 heavy (non-hydrogen) atoms. The molecule has 136 valence electrons. The van der Waals surface area contributed by atoms with Crippen LogP contribution >= 0.6 is 11.8 Å². The van der Waals surface area contributed by atoms with Crippen LogP contribution < -0.4 is 10.1 Å². The average Bonchev–Trinajstić information content (AvgIpc) is 2.95. The number of halogens is 3. The van der Waals surface area contributed by atoms with E-state index in [9.17, 15) is 18.0 Å². The van der Waals surface area contributed by atoms with Crippen LogP contribution in [0.15, 0.2) is 52.9 Å². The summed E-state index contributed by atoms with van der Waals surface area (Å²) < 4.78 is 46.0. The highest BCUT2D eigenvalue weighted by molar-refractivity contribution is 7.97. The van der Waals surface area contributed by atoms with Gasteiger partial charge in [0, 0.05) is 22.4 Å². The van der Waals surface area contributed by atoms with Crippen LogP contribution in [0.4, 0.5) is 18.9 Å². The molecule has 1 amide bonds. The van der Waals surface area contributed by atoms with Crippen molar-refractivity contribution in [3.05, 3.63) is 59.9 Å². The van der Waals surface area contributed by atoms with Gasteiger partial charge in [-0.3, -0.25) is 4.79 Å². The Morgan fingerprint density at radius 2 is 1.85 bits per heavy atom. The van der Waals surface area contributed by atoms with Gasteiger partial charge in [-0.2, -0.15) is 11.8 Å². The summed E-state index contributed by atoms with van der Waals surface area (Å²) in [4.78, 5) is 12.6. The number of ether oxygens (including phenoxy) is 1. The Hall–Kier alpha value is -2.61. The van der Waals surface area contributed by atoms with E-state index in [4.69, 9.17) is 4.42 Å². The summed E-state index contributed by atoms with van der Waals surface area (Å²) in [6.07, 6.45) is -2.84. The lowest BCUT2D eigenvalue weighted by molar-refractivity contribution is -0.274. The van der Waals surface area contributed by atoms with Gasteiger partial charge in [-0.1, -0.05) is 18.2 Å². The summed E-state index contributed by atoms with van der Waals surface area (Å²) >= 11 is 1.56. The van der Waals surface area contributed by atoms with Crippen molar-refractivity contribution in [2.24, 2.45) is 0 Å². The van der Waals surface area contributed by atoms with Crippen molar-refractivity contribution in [3.8, 4) is 5.75 Å². The number of nitrogens with one attached hydrogen (secondary N) is 1. The first-order chi connectivity index (χ1) is 12.4. The van der Waals surface area contributed by atoms with Crippen molar-refractivity contribution < 1.29 is 27.1 Å². The maximum absolute atomic E-state index is 12.6. The van der Waals surface area contributed by atoms with Crippen molar-refractivity contribution in [2.75, 3.05) is 11.6 Å². The molecule has 0 aliphatic heterocycles. The van der Waals surface area contributed by atoms with E-state index < -0.39 is 12.3 Å². The monoisotopic (exact) mass is 381 g/mol. The van der Waals surface area contributed by atoms with Crippen molar-refractivity contribution in [2.45, 2.75) is 12.1 Å². The first-order valence-electron chi connectivity index (χ1n) is 7.54. The van der Waals surface area contributed by atoms with Crippen molar-refractivity contribution in [3.63, 3.8) is 0 Å². The van der Waals surface area contributed by atoms with E-state index in [1.165, 1.54) is 12.1 Å². The second-order valence-electron chi connectivity index (χ2n) is 5.37. The summed E-state index contributed by atoms with van der Waals surface area (Å²) in [5, 5.41) is 3.49. The zero-order chi connectivity index (χ0) is 18.7. The predicted octanol–water partition coefficient (Wildman–Crippen LogP) is 5.45. The molecule has 0 unspecified atom stereocenters. The number of anilines is 1. The molecule has 8 heteroatoms. The number of fused-ring (bicyclic) bond motifs is 1. The summed E-state index contributed by atoms with van der Waals surface area (Å²) in [6.45, 7) is 0. The fourth-order valence-corrected chi connectivity index (χ4v) is 3.07. The van der Waals surface area contributed by atoms with Gasteiger partial charge in [-0.15, -0.1) is 13.2 Å².